The number of hydrogen-bond acceptors (Lipinski definition) is 4. The van der Waals surface area contributed by atoms with Gasteiger partial charge < -0.3 is 11.1 Å². The monoisotopic (exact) mass is 349 g/mol. The molecular weight excluding hydrogens is 325 g/mol. The molecule has 6 heteroatoms. The fourth-order valence-electron chi connectivity index (χ4n) is 2.35. The second-order valence-corrected chi connectivity index (χ2v) is 7.16. The number of carbonyl (C=O) groups is 1. The first-order valence-electron chi connectivity index (χ1n) is 8.14. The first-order chi connectivity index (χ1) is 11.4. The summed E-state index contributed by atoms with van der Waals surface area (Å²) < 4.78 is 13.0. The van der Waals surface area contributed by atoms with Crippen molar-refractivity contribution in [2.45, 2.75) is 45.6 Å². The van der Waals surface area contributed by atoms with Crippen LogP contribution >= 0.6 is 11.3 Å². The molecule has 1 heterocycles. The van der Waals surface area contributed by atoms with Crippen molar-refractivity contribution in [2.24, 2.45) is 5.73 Å². The van der Waals surface area contributed by atoms with Crippen LogP contribution in [-0.4, -0.2) is 23.0 Å². The number of hydrogen-bond donors (Lipinski definition) is 2. The maximum absolute atomic E-state index is 13.0. The summed E-state index contributed by atoms with van der Waals surface area (Å²) in [5.41, 5.74) is 7.53. The Labute approximate surface area is 146 Å². The number of aryl methyl sites for hydroxylation is 1. The third-order valence-corrected chi connectivity index (χ3v) is 5.48. The molecule has 0 unspecified atom stereocenters. The van der Waals surface area contributed by atoms with Crippen molar-refractivity contribution in [1.29, 1.82) is 0 Å². The van der Waals surface area contributed by atoms with Gasteiger partial charge in [0.05, 0.1) is 10.7 Å². The third kappa shape index (κ3) is 4.61. The first-order valence-corrected chi connectivity index (χ1v) is 8.96. The Morgan fingerprint density at radius 2 is 1.92 bits per heavy atom. The molecule has 0 saturated heterocycles. The van der Waals surface area contributed by atoms with Gasteiger partial charge in [0.1, 0.15) is 10.7 Å². The lowest BCUT2D eigenvalue weighted by molar-refractivity contribution is 0.0945. The maximum Gasteiger partial charge on any atom is 0.263 e. The van der Waals surface area contributed by atoms with E-state index in [2.05, 4.69) is 10.3 Å². The van der Waals surface area contributed by atoms with Gasteiger partial charge in [-0.25, -0.2) is 9.37 Å². The van der Waals surface area contributed by atoms with Gasteiger partial charge in [0.15, 0.2) is 0 Å². The lowest BCUT2D eigenvalue weighted by atomic mass is 9.94. The fraction of sp³-hybridized carbons (Fsp3) is 0.444. The lowest BCUT2D eigenvalue weighted by Crippen LogP contribution is -2.49. The van der Waals surface area contributed by atoms with E-state index in [-0.39, 0.29) is 17.3 Å². The second kappa shape index (κ2) is 7.85. The van der Waals surface area contributed by atoms with Gasteiger partial charge in [-0.05, 0) is 37.5 Å². The van der Waals surface area contributed by atoms with Crippen molar-refractivity contribution < 1.29 is 9.18 Å². The summed E-state index contributed by atoms with van der Waals surface area (Å²) in [6.45, 7) is 6.32. The van der Waals surface area contributed by atoms with Gasteiger partial charge in [-0.3, -0.25) is 4.79 Å². The summed E-state index contributed by atoms with van der Waals surface area (Å²) in [6.07, 6.45) is 2.20. The van der Waals surface area contributed by atoms with Crippen molar-refractivity contribution in [3.8, 4) is 0 Å². The molecule has 130 valence electrons. The SMILES string of the molecule is CCC(N)(CC)CNC(=O)c1sc(Cc2ccc(F)cc2)nc1C. The van der Waals surface area contributed by atoms with E-state index >= 15 is 0 Å². The van der Waals surface area contributed by atoms with Gasteiger partial charge in [-0.1, -0.05) is 26.0 Å². The third-order valence-electron chi connectivity index (χ3n) is 4.32. The molecule has 0 radical (unpaired) electrons. The lowest BCUT2D eigenvalue weighted by Gasteiger charge is -2.26. The smallest absolute Gasteiger partial charge is 0.263 e. The van der Waals surface area contributed by atoms with Crippen molar-refractivity contribution in [3.05, 3.63) is 51.2 Å². The molecule has 2 aromatic rings. The van der Waals surface area contributed by atoms with Crippen LogP contribution in [0.3, 0.4) is 0 Å². The molecule has 4 nitrogen and oxygen atoms in total. The number of nitrogens with zero attached hydrogens (tertiary/aromatic N) is 1. The quantitative estimate of drug-likeness (QED) is 0.805. The minimum atomic E-state index is -0.370. The van der Waals surface area contributed by atoms with Gasteiger partial charge in [0.2, 0.25) is 0 Å². The molecule has 3 N–H and O–H groups in total. The second-order valence-electron chi connectivity index (χ2n) is 6.08. The first kappa shape index (κ1) is 18.5. The molecule has 0 saturated carbocycles. The fourth-order valence-corrected chi connectivity index (χ4v) is 3.37. The summed E-state index contributed by atoms with van der Waals surface area (Å²) in [6, 6.07) is 6.33. The van der Waals surface area contributed by atoms with Crippen LogP contribution < -0.4 is 11.1 Å². The predicted molar refractivity (Wildman–Crippen MR) is 95.9 cm³/mol. The van der Waals surface area contributed by atoms with E-state index in [4.69, 9.17) is 5.73 Å². The van der Waals surface area contributed by atoms with Crippen molar-refractivity contribution in [3.63, 3.8) is 0 Å². The van der Waals surface area contributed by atoms with Gasteiger partial charge in [0.25, 0.3) is 5.91 Å². The number of nitrogens with two attached hydrogens (primary N) is 1. The summed E-state index contributed by atoms with van der Waals surface area (Å²) in [5.74, 6) is -0.390. The van der Waals surface area contributed by atoms with E-state index in [0.29, 0.717) is 23.5 Å². The molecule has 1 aromatic carbocycles. The molecule has 1 amide bonds. The predicted octanol–water partition coefficient (Wildman–Crippen LogP) is 3.43. The van der Waals surface area contributed by atoms with Crippen LogP contribution in [0.15, 0.2) is 24.3 Å². The molecule has 0 atom stereocenters. The Balaban J connectivity index is 2.05. The van der Waals surface area contributed by atoms with Crippen LogP contribution in [0, 0.1) is 12.7 Å². The molecule has 2 rings (SSSR count). The highest BCUT2D eigenvalue weighted by molar-refractivity contribution is 7.13. The van der Waals surface area contributed by atoms with E-state index in [0.717, 1.165) is 23.4 Å². The van der Waals surface area contributed by atoms with Crippen molar-refractivity contribution >= 4 is 17.2 Å². The molecule has 0 bridgehead atoms. The summed E-state index contributed by atoms with van der Waals surface area (Å²) >= 11 is 1.37. The van der Waals surface area contributed by atoms with E-state index in [1.165, 1.54) is 23.5 Å². The zero-order valence-electron chi connectivity index (χ0n) is 14.4. The summed E-state index contributed by atoms with van der Waals surface area (Å²) in [4.78, 5) is 17.5. The van der Waals surface area contributed by atoms with Crippen LogP contribution in [0.5, 0.6) is 0 Å². The van der Waals surface area contributed by atoms with E-state index in [1.807, 2.05) is 20.8 Å². The van der Waals surface area contributed by atoms with Crippen LogP contribution in [-0.2, 0) is 6.42 Å². The zero-order valence-corrected chi connectivity index (χ0v) is 15.2. The minimum Gasteiger partial charge on any atom is -0.349 e. The van der Waals surface area contributed by atoms with Crippen LogP contribution in [0.25, 0.3) is 0 Å². The Kier molecular flexibility index (Phi) is 6.07. The van der Waals surface area contributed by atoms with Gasteiger partial charge >= 0.3 is 0 Å². The molecule has 0 aliphatic carbocycles. The Hall–Kier alpha value is -1.79. The average Bonchev–Trinajstić information content (AvgIpc) is 2.95. The highest BCUT2D eigenvalue weighted by atomic mass is 32.1. The number of thiazole rings is 1. The molecule has 0 aliphatic heterocycles. The number of aromatic nitrogens is 1. The molecule has 24 heavy (non-hydrogen) atoms. The molecule has 1 aromatic heterocycles. The van der Waals surface area contributed by atoms with Crippen molar-refractivity contribution in [1.82, 2.24) is 10.3 Å². The normalized spacial score (nSPS) is 11.5. The number of nitrogens with one attached hydrogen (secondary N) is 1. The Bertz CT molecular complexity index is 693. The van der Waals surface area contributed by atoms with Crippen LogP contribution in [0.4, 0.5) is 4.39 Å². The van der Waals surface area contributed by atoms with E-state index in [9.17, 15) is 9.18 Å². The Morgan fingerprint density at radius 3 is 2.50 bits per heavy atom. The largest absolute Gasteiger partial charge is 0.349 e. The van der Waals surface area contributed by atoms with Crippen LogP contribution in [0.1, 0.15) is 52.6 Å². The van der Waals surface area contributed by atoms with Gasteiger partial charge in [-0.15, -0.1) is 11.3 Å². The van der Waals surface area contributed by atoms with E-state index < -0.39 is 0 Å². The topological polar surface area (TPSA) is 68.0 Å². The number of halogens is 1. The average molecular weight is 349 g/mol. The minimum absolute atomic E-state index is 0.132. The van der Waals surface area contributed by atoms with Gasteiger partial charge in [-0.2, -0.15) is 0 Å². The molecule has 0 spiro atoms. The molecule has 0 fully saturated rings. The maximum atomic E-state index is 13.0. The number of amides is 1. The molecular formula is C18H24FN3OS. The summed E-state index contributed by atoms with van der Waals surface area (Å²) in [5, 5.41) is 3.77. The number of rotatable bonds is 7. The molecule has 0 aliphatic rings. The highest BCUT2D eigenvalue weighted by Crippen LogP contribution is 2.21. The number of benzene rings is 1. The summed E-state index contributed by atoms with van der Waals surface area (Å²) in [7, 11) is 0. The standard InChI is InChI=1S/C18H24FN3OS/c1-4-18(20,5-2)11-21-17(23)16-12(3)22-15(24-16)10-13-6-8-14(19)9-7-13/h6-9H,4-5,10-11,20H2,1-3H3,(H,21,23). The Morgan fingerprint density at radius 1 is 1.29 bits per heavy atom. The van der Waals surface area contributed by atoms with Crippen LogP contribution in [0.2, 0.25) is 0 Å². The highest BCUT2D eigenvalue weighted by Gasteiger charge is 2.23. The van der Waals surface area contributed by atoms with Crippen molar-refractivity contribution in [2.75, 3.05) is 6.54 Å². The van der Waals surface area contributed by atoms with E-state index in [1.54, 1.807) is 12.1 Å². The number of carbonyl (C=O) groups excluding carboxylic acids is 1. The van der Waals surface area contributed by atoms with Gasteiger partial charge in [0, 0.05) is 18.5 Å². The zero-order chi connectivity index (χ0) is 17.7.